The van der Waals surface area contributed by atoms with Gasteiger partial charge in [-0.25, -0.2) is 4.79 Å². The van der Waals surface area contributed by atoms with E-state index >= 15 is 0 Å². The Morgan fingerprint density at radius 2 is 2.11 bits per heavy atom. The molecule has 5 heteroatoms. The Hall–Kier alpha value is -2.69. The highest BCUT2D eigenvalue weighted by atomic mass is 16.4. The fraction of sp³-hybridized carbons (Fsp3) is 0. The second-order valence-electron chi connectivity index (χ2n) is 3.89. The van der Waals surface area contributed by atoms with Crippen molar-refractivity contribution in [3.05, 3.63) is 42.2 Å². The van der Waals surface area contributed by atoms with E-state index in [1.165, 1.54) is 12.3 Å². The van der Waals surface area contributed by atoms with E-state index in [9.17, 15) is 9.90 Å². The number of phenols is 1. The summed E-state index contributed by atoms with van der Waals surface area (Å²) in [6.07, 6.45) is 1.32. The van der Waals surface area contributed by atoms with Crippen LogP contribution >= 0.6 is 0 Å². The maximum Gasteiger partial charge on any atom is 0.339 e. The van der Waals surface area contributed by atoms with Gasteiger partial charge in [0.15, 0.2) is 5.76 Å². The van der Waals surface area contributed by atoms with E-state index in [0.29, 0.717) is 11.2 Å². The Labute approximate surface area is 101 Å². The highest BCUT2D eigenvalue weighted by Crippen LogP contribution is 2.31. The minimum Gasteiger partial charge on any atom is -0.506 e. The summed E-state index contributed by atoms with van der Waals surface area (Å²) < 4.78 is 5.19. The van der Waals surface area contributed by atoms with E-state index in [1.54, 1.807) is 18.2 Å². The van der Waals surface area contributed by atoms with Crippen molar-refractivity contribution < 1.29 is 19.4 Å². The Balaban J connectivity index is 2.23. The summed E-state index contributed by atoms with van der Waals surface area (Å²) in [5.74, 6) is -0.693. The molecule has 18 heavy (non-hydrogen) atoms. The van der Waals surface area contributed by atoms with Gasteiger partial charge in [-0.3, -0.25) is 0 Å². The van der Waals surface area contributed by atoms with Crippen LogP contribution < -0.4 is 0 Å². The first kappa shape index (κ1) is 10.5. The van der Waals surface area contributed by atoms with Gasteiger partial charge in [-0.15, -0.1) is 0 Å². The summed E-state index contributed by atoms with van der Waals surface area (Å²) in [5, 5.41) is 19.5. The average molecular weight is 243 g/mol. The number of H-pyrrole nitrogens is 1. The Bertz CT molecular complexity index is 738. The highest BCUT2D eigenvalue weighted by Gasteiger charge is 2.17. The maximum absolute atomic E-state index is 11.0. The Morgan fingerprint density at radius 1 is 1.28 bits per heavy atom. The number of aromatic nitrogens is 1. The first-order valence-corrected chi connectivity index (χ1v) is 5.28. The molecule has 0 radical (unpaired) electrons. The van der Waals surface area contributed by atoms with Gasteiger partial charge in [0, 0.05) is 5.39 Å². The Kier molecular flexibility index (Phi) is 2.13. The van der Waals surface area contributed by atoms with Gasteiger partial charge in [0.2, 0.25) is 0 Å². The van der Waals surface area contributed by atoms with Crippen molar-refractivity contribution in [1.82, 2.24) is 4.98 Å². The molecule has 3 rings (SSSR count). The van der Waals surface area contributed by atoms with Crippen molar-refractivity contribution in [3.8, 4) is 17.2 Å². The minimum absolute atomic E-state index is 0.0843. The van der Waals surface area contributed by atoms with E-state index in [4.69, 9.17) is 9.52 Å². The molecule has 0 amide bonds. The summed E-state index contributed by atoms with van der Waals surface area (Å²) in [6, 6.07) is 8.22. The average Bonchev–Trinajstić information content (AvgIpc) is 2.95. The molecule has 3 aromatic rings. The molecule has 3 N–H and O–H groups in total. The SMILES string of the molecule is O=C(O)c1ccoc1-c1cc2cccc(O)c2[nH]1. The van der Waals surface area contributed by atoms with Crippen molar-refractivity contribution >= 4 is 16.9 Å². The maximum atomic E-state index is 11.0. The van der Waals surface area contributed by atoms with Gasteiger partial charge in [0.1, 0.15) is 11.3 Å². The molecule has 1 aromatic carbocycles. The molecule has 0 spiro atoms. The van der Waals surface area contributed by atoms with E-state index < -0.39 is 5.97 Å². The predicted molar refractivity (Wildman–Crippen MR) is 64.6 cm³/mol. The lowest BCUT2D eigenvalue weighted by atomic mass is 10.2. The number of hydrogen-bond donors (Lipinski definition) is 3. The molecule has 0 fully saturated rings. The number of rotatable bonds is 2. The van der Waals surface area contributed by atoms with Crippen molar-refractivity contribution in [3.63, 3.8) is 0 Å². The van der Waals surface area contributed by atoms with Crippen LogP contribution in [-0.4, -0.2) is 21.2 Å². The van der Waals surface area contributed by atoms with E-state index in [2.05, 4.69) is 4.98 Å². The van der Waals surface area contributed by atoms with Gasteiger partial charge < -0.3 is 19.6 Å². The van der Waals surface area contributed by atoms with Gasteiger partial charge in [-0.2, -0.15) is 0 Å². The molecule has 0 aliphatic heterocycles. The van der Waals surface area contributed by atoms with Crippen LogP contribution in [0.4, 0.5) is 0 Å². The molecule has 0 atom stereocenters. The zero-order chi connectivity index (χ0) is 12.7. The molecular formula is C13H9NO4. The van der Waals surface area contributed by atoms with Crippen molar-refractivity contribution in [2.24, 2.45) is 0 Å². The van der Waals surface area contributed by atoms with Gasteiger partial charge >= 0.3 is 5.97 Å². The van der Waals surface area contributed by atoms with Crippen molar-refractivity contribution in [1.29, 1.82) is 0 Å². The van der Waals surface area contributed by atoms with Crippen LogP contribution in [0.5, 0.6) is 5.75 Å². The number of nitrogens with one attached hydrogen (secondary N) is 1. The molecule has 0 saturated heterocycles. The zero-order valence-corrected chi connectivity index (χ0v) is 9.18. The van der Waals surface area contributed by atoms with Gasteiger partial charge in [0.05, 0.1) is 17.5 Å². The topological polar surface area (TPSA) is 86.5 Å². The van der Waals surface area contributed by atoms with Gasteiger partial charge in [0.25, 0.3) is 0 Å². The fourth-order valence-corrected chi connectivity index (χ4v) is 1.95. The molecule has 5 nitrogen and oxygen atoms in total. The van der Waals surface area contributed by atoms with Crippen LogP contribution in [-0.2, 0) is 0 Å². The molecule has 0 bridgehead atoms. The number of furan rings is 1. The lowest BCUT2D eigenvalue weighted by Gasteiger charge is -1.95. The minimum atomic E-state index is -1.05. The van der Waals surface area contributed by atoms with Crippen molar-refractivity contribution in [2.75, 3.05) is 0 Å². The molecule has 0 unspecified atom stereocenters. The van der Waals surface area contributed by atoms with Crippen molar-refractivity contribution in [2.45, 2.75) is 0 Å². The number of aromatic carboxylic acids is 1. The summed E-state index contributed by atoms with van der Waals surface area (Å²) >= 11 is 0. The number of para-hydroxylation sites is 1. The first-order chi connectivity index (χ1) is 8.66. The van der Waals surface area contributed by atoms with Crippen LogP contribution in [0.3, 0.4) is 0 Å². The smallest absolute Gasteiger partial charge is 0.339 e. The van der Waals surface area contributed by atoms with Crippen LogP contribution in [0, 0.1) is 0 Å². The standard InChI is InChI=1S/C13H9NO4/c15-10-3-1-2-7-6-9(14-11(7)10)12-8(13(16)17)4-5-18-12/h1-6,14-15H,(H,16,17). The number of aromatic hydroxyl groups is 1. The third kappa shape index (κ3) is 1.45. The molecule has 0 aliphatic rings. The largest absolute Gasteiger partial charge is 0.506 e. The number of benzene rings is 1. The van der Waals surface area contributed by atoms with Crippen LogP contribution in [0.25, 0.3) is 22.4 Å². The number of carboxylic acids is 1. The lowest BCUT2D eigenvalue weighted by Crippen LogP contribution is -1.95. The quantitative estimate of drug-likeness (QED) is 0.645. The third-order valence-electron chi connectivity index (χ3n) is 2.77. The predicted octanol–water partition coefficient (Wildman–Crippen LogP) is 2.83. The van der Waals surface area contributed by atoms with Crippen LogP contribution in [0.15, 0.2) is 41.0 Å². The molecule has 90 valence electrons. The third-order valence-corrected chi connectivity index (χ3v) is 2.77. The van der Waals surface area contributed by atoms with Crippen LogP contribution in [0.1, 0.15) is 10.4 Å². The monoisotopic (exact) mass is 243 g/mol. The number of phenolic OH excluding ortho intramolecular Hbond substituents is 1. The normalized spacial score (nSPS) is 10.9. The Morgan fingerprint density at radius 3 is 2.83 bits per heavy atom. The molecular weight excluding hydrogens is 234 g/mol. The summed E-state index contributed by atoms with van der Waals surface area (Å²) in [5.41, 5.74) is 1.16. The number of carboxylic acid groups (broad SMARTS) is 1. The van der Waals surface area contributed by atoms with E-state index in [-0.39, 0.29) is 17.1 Å². The van der Waals surface area contributed by atoms with Gasteiger partial charge in [-0.1, -0.05) is 12.1 Å². The highest BCUT2D eigenvalue weighted by molar-refractivity contribution is 5.96. The summed E-state index contributed by atoms with van der Waals surface area (Å²) in [6.45, 7) is 0. The second kappa shape index (κ2) is 3.66. The number of aromatic amines is 1. The number of fused-ring (bicyclic) bond motifs is 1. The van der Waals surface area contributed by atoms with Crippen LogP contribution in [0.2, 0.25) is 0 Å². The first-order valence-electron chi connectivity index (χ1n) is 5.28. The van der Waals surface area contributed by atoms with E-state index in [1.807, 2.05) is 6.07 Å². The van der Waals surface area contributed by atoms with E-state index in [0.717, 1.165) is 5.39 Å². The summed E-state index contributed by atoms with van der Waals surface area (Å²) in [4.78, 5) is 14.0. The second-order valence-corrected chi connectivity index (χ2v) is 3.89. The number of hydrogen-bond acceptors (Lipinski definition) is 3. The molecule has 0 aliphatic carbocycles. The molecule has 2 aromatic heterocycles. The molecule has 2 heterocycles. The zero-order valence-electron chi connectivity index (χ0n) is 9.18. The summed E-state index contributed by atoms with van der Waals surface area (Å²) in [7, 11) is 0. The fourth-order valence-electron chi connectivity index (χ4n) is 1.95. The lowest BCUT2D eigenvalue weighted by molar-refractivity contribution is 0.0697. The number of carbonyl (C=O) groups is 1. The molecule has 0 saturated carbocycles. The van der Waals surface area contributed by atoms with Gasteiger partial charge in [-0.05, 0) is 18.2 Å².